The number of fused-ring (bicyclic) bond motifs is 1. The van der Waals surface area contributed by atoms with Crippen molar-refractivity contribution in [1.29, 1.82) is 0 Å². The quantitative estimate of drug-likeness (QED) is 0.413. The van der Waals surface area contributed by atoms with Gasteiger partial charge in [-0.2, -0.15) is 0 Å². The monoisotopic (exact) mass is 451 g/mol. The molecule has 1 saturated heterocycles. The van der Waals surface area contributed by atoms with Gasteiger partial charge >= 0.3 is 5.97 Å². The van der Waals surface area contributed by atoms with Crippen LogP contribution in [0.5, 0.6) is 0 Å². The number of halogens is 4. The summed E-state index contributed by atoms with van der Waals surface area (Å²) in [6.07, 6.45) is 3.13. The van der Waals surface area contributed by atoms with E-state index in [9.17, 15) is 14.7 Å². The van der Waals surface area contributed by atoms with Gasteiger partial charge in [-0.15, -0.1) is 24.8 Å². The molecule has 12 heteroatoms. The minimum atomic E-state index is -1.46. The van der Waals surface area contributed by atoms with Crippen LogP contribution in [0.1, 0.15) is 35.7 Å². The second-order valence-electron chi connectivity index (χ2n) is 7.03. The average molecular weight is 452 g/mol. The van der Waals surface area contributed by atoms with Crippen LogP contribution in [0.15, 0.2) is 11.0 Å². The summed E-state index contributed by atoms with van der Waals surface area (Å²) in [7, 11) is 0. The predicted molar refractivity (Wildman–Crippen MR) is 110 cm³/mol. The maximum atomic E-state index is 15.5. The van der Waals surface area contributed by atoms with E-state index in [-0.39, 0.29) is 54.6 Å². The van der Waals surface area contributed by atoms with Gasteiger partial charge in [0.25, 0.3) is 0 Å². The van der Waals surface area contributed by atoms with Crippen molar-refractivity contribution in [2.45, 2.75) is 31.3 Å². The first-order valence-electron chi connectivity index (χ1n) is 8.65. The van der Waals surface area contributed by atoms with E-state index in [4.69, 9.17) is 11.6 Å². The van der Waals surface area contributed by atoms with Gasteiger partial charge in [-0.1, -0.05) is 0 Å². The fraction of sp³-hybridized carbons (Fsp3) is 0.412. The molecule has 2 aliphatic rings. The van der Waals surface area contributed by atoms with Gasteiger partial charge in [0.2, 0.25) is 5.43 Å². The number of nitrogens with zero attached hydrogens (tertiary/aromatic N) is 2. The lowest BCUT2D eigenvalue weighted by atomic mass is 10.1. The Hall–Kier alpha value is -2.14. The molecule has 160 valence electrons. The number of hydrogen-bond donors (Lipinski definition) is 4. The van der Waals surface area contributed by atoms with Gasteiger partial charge in [-0.25, -0.2) is 13.6 Å². The molecule has 4 rings (SSSR count). The second-order valence-corrected chi connectivity index (χ2v) is 7.03. The highest BCUT2D eigenvalue weighted by atomic mass is 35.5. The van der Waals surface area contributed by atoms with Gasteiger partial charge in [0.1, 0.15) is 16.9 Å². The molecule has 0 bridgehead atoms. The lowest BCUT2D eigenvalue weighted by Crippen LogP contribution is -2.29. The van der Waals surface area contributed by atoms with E-state index in [0.29, 0.717) is 25.8 Å². The zero-order valence-electron chi connectivity index (χ0n) is 15.2. The van der Waals surface area contributed by atoms with Gasteiger partial charge in [-0.05, 0) is 19.3 Å². The number of nitrogens with two attached hydrogens (primary N) is 2. The molecule has 0 radical (unpaired) electrons. The summed E-state index contributed by atoms with van der Waals surface area (Å²) in [5, 5.41) is 8.94. The summed E-state index contributed by atoms with van der Waals surface area (Å²) in [6, 6.07) is -0.362. The van der Waals surface area contributed by atoms with Gasteiger partial charge < -0.3 is 25.7 Å². The van der Waals surface area contributed by atoms with E-state index in [1.807, 2.05) is 0 Å². The van der Waals surface area contributed by atoms with Crippen LogP contribution in [0.3, 0.4) is 0 Å². The molecule has 2 aromatic rings. The number of hydrogen-bond acceptors (Lipinski definition) is 6. The van der Waals surface area contributed by atoms with Crippen molar-refractivity contribution >= 4 is 53.1 Å². The lowest BCUT2D eigenvalue weighted by molar-refractivity contribution is 0.0695. The Bertz CT molecular complexity index is 1030. The average Bonchev–Trinajstić information content (AvgIpc) is 3.37. The van der Waals surface area contributed by atoms with E-state index < -0.39 is 39.7 Å². The van der Waals surface area contributed by atoms with Crippen LogP contribution >= 0.6 is 24.8 Å². The van der Waals surface area contributed by atoms with Gasteiger partial charge in [0.15, 0.2) is 11.6 Å². The summed E-state index contributed by atoms with van der Waals surface area (Å²) in [6.45, 7) is 0.635. The Labute approximate surface area is 176 Å². The first-order chi connectivity index (χ1) is 12.8. The molecule has 1 aliphatic heterocycles. The molecular weight excluding hydrogens is 431 g/mol. The zero-order chi connectivity index (χ0) is 19.5. The van der Waals surface area contributed by atoms with Crippen molar-refractivity contribution < 1.29 is 18.7 Å². The van der Waals surface area contributed by atoms with Crippen molar-refractivity contribution in [3.8, 4) is 0 Å². The Balaban J connectivity index is 0.00000150. The molecule has 1 aliphatic carbocycles. The molecule has 2 heterocycles. The number of carboxylic acid groups (broad SMARTS) is 1. The van der Waals surface area contributed by atoms with Crippen LogP contribution in [0.25, 0.3) is 10.9 Å². The van der Waals surface area contributed by atoms with Gasteiger partial charge in [0.05, 0.1) is 10.9 Å². The largest absolute Gasteiger partial charge is 0.477 e. The third kappa shape index (κ3) is 3.61. The molecule has 1 saturated carbocycles. The first kappa shape index (κ1) is 23.1. The molecule has 29 heavy (non-hydrogen) atoms. The topological polar surface area (TPSA) is 127 Å². The Kier molecular flexibility index (Phi) is 6.63. The fourth-order valence-corrected chi connectivity index (χ4v) is 3.72. The number of carbonyl (C=O) groups is 1. The molecule has 8 nitrogen and oxygen atoms in total. The molecule has 1 unspecified atom stereocenters. The molecule has 2 fully saturated rings. The number of aromatic carboxylic acids is 1. The lowest BCUT2D eigenvalue weighted by Gasteiger charge is -2.24. The highest BCUT2D eigenvalue weighted by Crippen LogP contribution is 2.42. The van der Waals surface area contributed by atoms with Crippen LogP contribution in [0, 0.1) is 11.6 Å². The van der Waals surface area contributed by atoms with E-state index in [0.717, 1.165) is 6.20 Å². The summed E-state index contributed by atoms with van der Waals surface area (Å²) in [4.78, 5) is 25.6. The van der Waals surface area contributed by atoms with Crippen LogP contribution in [0.4, 0.5) is 20.2 Å². The van der Waals surface area contributed by atoms with E-state index in [1.54, 1.807) is 0 Å². The number of nitrogen functional groups attached to an aromatic ring is 1. The minimum Gasteiger partial charge on any atom is -0.477 e. The van der Waals surface area contributed by atoms with Crippen LogP contribution in [0.2, 0.25) is 0 Å². The van der Waals surface area contributed by atoms with Crippen molar-refractivity contribution in [3.05, 3.63) is 33.6 Å². The Morgan fingerprint density at radius 3 is 2.34 bits per heavy atom. The van der Waals surface area contributed by atoms with Crippen molar-refractivity contribution in [2.24, 2.45) is 11.6 Å². The Morgan fingerprint density at radius 1 is 1.21 bits per heavy atom. The maximum Gasteiger partial charge on any atom is 0.341 e. The van der Waals surface area contributed by atoms with E-state index in [2.05, 4.69) is 5.43 Å². The third-order valence-electron chi connectivity index (χ3n) is 5.18. The fourth-order valence-electron chi connectivity index (χ4n) is 3.72. The second kappa shape index (κ2) is 8.31. The zero-order valence-corrected chi connectivity index (χ0v) is 16.8. The third-order valence-corrected chi connectivity index (χ3v) is 5.18. The number of hydrazine groups is 1. The maximum absolute atomic E-state index is 15.5. The number of aromatic nitrogens is 1. The van der Waals surface area contributed by atoms with Crippen molar-refractivity contribution in [3.63, 3.8) is 0 Å². The molecule has 1 aromatic heterocycles. The number of anilines is 2. The Morgan fingerprint density at radius 2 is 1.86 bits per heavy atom. The van der Waals surface area contributed by atoms with Crippen LogP contribution in [-0.4, -0.2) is 34.8 Å². The highest BCUT2D eigenvalue weighted by Gasteiger charge is 2.34. The summed E-state index contributed by atoms with van der Waals surface area (Å²) in [5.74, 6) is 2.05. The summed E-state index contributed by atoms with van der Waals surface area (Å²) < 4.78 is 32.0. The summed E-state index contributed by atoms with van der Waals surface area (Å²) >= 11 is 0. The number of carboxylic acids is 1. The number of benzene rings is 1. The number of pyridine rings is 1. The van der Waals surface area contributed by atoms with E-state index >= 15 is 8.78 Å². The number of rotatable bonds is 4. The standard InChI is InChI=1S/C17H19F2N5O3.2ClH/c18-11-13(22-21)10-14(12(19)15(11)23-4-3-7(20)5-23)24(8-1-2-8)6-9(16(10)25)17(26)27;;/h6-8,22H,1-5,20-21H2,(H,26,27);2*1H. The molecule has 6 N–H and O–H groups in total. The predicted octanol–water partition coefficient (Wildman–Crippen LogP) is 1.98. The van der Waals surface area contributed by atoms with Crippen LogP contribution < -0.4 is 27.3 Å². The molecule has 1 atom stereocenters. The molecule has 1 aromatic carbocycles. The van der Waals surface area contributed by atoms with Gasteiger partial charge in [-0.3, -0.25) is 10.6 Å². The number of nitrogens with one attached hydrogen (secondary N) is 1. The molecule has 0 spiro atoms. The normalized spacial score (nSPS) is 18.3. The SMILES string of the molecule is Cl.Cl.NNc1c(F)c(N2CCC(N)C2)c(F)c2c1c(=O)c(C(=O)O)cn2C1CC1. The molecule has 0 amide bonds. The minimum absolute atomic E-state index is 0. The summed E-state index contributed by atoms with van der Waals surface area (Å²) in [5.41, 5.74) is 5.60. The van der Waals surface area contributed by atoms with Crippen molar-refractivity contribution in [1.82, 2.24) is 4.57 Å². The van der Waals surface area contributed by atoms with Crippen molar-refractivity contribution in [2.75, 3.05) is 23.4 Å². The first-order valence-corrected chi connectivity index (χ1v) is 8.65. The van der Waals surface area contributed by atoms with E-state index in [1.165, 1.54) is 9.47 Å². The molecular formula is C17H21Cl2F2N5O3. The highest BCUT2D eigenvalue weighted by molar-refractivity contribution is 6.00. The smallest absolute Gasteiger partial charge is 0.341 e. The van der Waals surface area contributed by atoms with Crippen LogP contribution in [-0.2, 0) is 0 Å². The van der Waals surface area contributed by atoms with Gasteiger partial charge in [0, 0.05) is 31.4 Å².